The molecule has 0 spiro atoms. The molecule has 0 aliphatic heterocycles. The van der Waals surface area contributed by atoms with Crippen LogP contribution >= 0.6 is 31.9 Å². The van der Waals surface area contributed by atoms with Crippen molar-refractivity contribution in [2.45, 2.75) is 0 Å². The number of hydrogen-bond donors (Lipinski definition) is 2. The van der Waals surface area contributed by atoms with E-state index in [4.69, 9.17) is 10.2 Å². The minimum absolute atomic E-state index is 0.102. The van der Waals surface area contributed by atoms with Crippen molar-refractivity contribution < 1.29 is 14.9 Å². The zero-order chi connectivity index (χ0) is 10.4. The minimum atomic E-state index is 0.102. The summed E-state index contributed by atoms with van der Waals surface area (Å²) in [5, 5.41) is 18.1. The molecule has 5 heteroatoms. The maximum absolute atomic E-state index is 9.04. The molecule has 13 heavy (non-hydrogen) atoms. The average molecular weight is 314 g/mol. The van der Waals surface area contributed by atoms with Gasteiger partial charge in [0.25, 0.3) is 0 Å². The summed E-state index contributed by atoms with van der Waals surface area (Å²) in [7, 11) is 3.25. The van der Waals surface area contributed by atoms with Crippen molar-refractivity contribution in [3.8, 4) is 11.5 Å². The van der Waals surface area contributed by atoms with Crippen LogP contribution < -0.4 is 0 Å². The third kappa shape index (κ3) is 4.50. The number of rotatable bonds is 0. The number of ether oxygens (including phenoxy) is 1. The summed E-state index contributed by atoms with van der Waals surface area (Å²) >= 11 is 6.10. The van der Waals surface area contributed by atoms with Crippen LogP contribution in [0.2, 0.25) is 0 Å². The number of aromatic hydroxyl groups is 2. The molecule has 0 saturated carbocycles. The summed E-state index contributed by atoms with van der Waals surface area (Å²) in [6, 6.07) is 2.83. The first kappa shape index (κ1) is 12.7. The van der Waals surface area contributed by atoms with Gasteiger partial charge < -0.3 is 14.9 Å². The molecule has 2 N–H and O–H groups in total. The van der Waals surface area contributed by atoms with Crippen LogP contribution in [0.15, 0.2) is 21.1 Å². The van der Waals surface area contributed by atoms with E-state index in [0.29, 0.717) is 8.95 Å². The number of methoxy groups -OCH3 is 1. The molecule has 74 valence electrons. The fourth-order valence-corrected chi connectivity index (χ4v) is 1.19. The van der Waals surface area contributed by atoms with Crippen LogP contribution in [0.5, 0.6) is 11.5 Å². The Bertz CT molecular complexity index is 226. The molecule has 0 aliphatic rings. The second-order valence-electron chi connectivity index (χ2n) is 2.16. The predicted molar refractivity (Wildman–Crippen MR) is 58.1 cm³/mol. The molecule has 0 saturated heterocycles. The number of hydrogen-bond acceptors (Lipinski definition) is 3. The molecule has 1 rings (SSSR count). The molecule has 0 atom stereocenters. The number of benzene rings is 1. The Kier molecular flexibility index (Phi) is 6.11. The molecular formula is C8H10Br2O3. The van der Waals surface area contributed by atoms with Gasteiger partial charge in [-0.3, -0.25) is 0 Å². The second kappa shape index (κ2) is 6.23. The first-order chi connectivity index (χ1) is 6.02. The van der Waals surface area contributed by atoms with E-state index in [9.17, 15) is 0 Å². The maximum Gasteiger partial charge on any atom is 0.131 e. The molecule has 0 unspecified atom stereocenters. The minimum Gasteiger partial charge on any atom is -0.507 e. The summed E-state index contributed by atoms with van der Waals surface area (Å²) in [5.41, 5.74) is 0. The fraction of sp³-hybridized carbons (Fsp3) is 0.250. The third-order valence-corrected chi connectivity index (χ3v) is 2.29. The Balaban J connectivity index is 0.000000424. The number of halogens is 2. The molecule has 1 aromatic rings. The van der Waals surface area contributed by atoms with Gasteiger partial charge >= 0.3 is 0 Å². The van der Waals surface area contributed by atoms with E-state index in [1.54, 1.807) is 14.2 Å². The molecule has 0 aliphatic carbocycles. The molecule has 0 radical (unpaired) electrons. The molecule has 0 amide bonds. The lowest BCUT2D eigenvalue weighted by Gasteiger charge is -1.99. The number of phenols is 2. The molecule has 0 bridgehead atoms. The van der Waals surface area contributed by atoms with Crippen LogP contribution in [-0.4, -0.2) is 24.4 Å². The molecule has 3 nitrogen and oxygen atoms in total. The fourth-order valence-electron chi connectivity index (χ4n) is 0.526. The van der Waals surface area contributed by atoms with Crippen LogP contribution in [0.3, 0.4) is 0 Å². The molecule has 0 fully saturated rings. The van der Waals surface area contributed by atoms with Gasteiger partial charge in [0.1, 0.15) is 11.5 Å². The average Bonchev–Trinajstić information content (AvgIpc) is 2.03. The van der Waals surface area contributed by atoms with E-state index in [2.05, 4.69) is 36.6 Å². The van der Waals surface area contributed by atoms with E-state index < -0.39 is 0 Å². The lowest BCUT2D eigenvalue weighted by Crippen LogP contribution is -1.71. The zero-order valence-corrected chi connectivity index (χ0v) is 10.4. The van der Waals surface area contributed by atoms with Crippen LogP contribution in [0.4, 0.5) is 0 Å². The van der Waals surface area contributed by atoms with E-state index >= 15 is 0 Å². The molecule has 0 aromatic heterocycles. The summed E-state index contributed by atoms with van der Waals surface area (Å²) in [6.45, 7) is 0. The van der Waals surface area contributed by atoms with Gasteiger partial charge in [-0.2, -0.15) is 0 Å². The summed E-state index contributed by atoms with van der Waals surface area (Å²) in [5.74, 6) is 0.203. The lowest BCUT2D eigenvalue weighted by molar-refractivity contribution is 0.277. The summed E-state index contributed by atoms with van der Waals surface area (Å²) in [6.07, 6.45) is 0. The third-order valence-electron chi connectivity index (χ3n) is 1.02. The van der Waals surface area contributed by atoms with E-state index in [1.807, 2.05) is 0 Å². The normalized spacial score (nSPS) is 8.92. The van der Waals surface area contributed by atoms with Crippen LogP contribution in [0.1, 0.15) is 0 Å². The SMILES string of the molecule is COC.Oc1cc(Br)c(O)cc1Br. The Morgan fingerprint density at radius 2 is 1.23 bits per heavy atom. The smallest absolute Gasteiger partial charge is 0.131 e. The lowest BCUT2D eigenvalue weighted by atomic mass is 10.3. The molecule has 0 heterocycles. The highest BCUT2D eigenvalue weighted by Gasteiger charge is 2.02. The Hall–Kier alpha value is -0.260. The van der Waals surface area contributed by atoms with Crippen molar-refractivity contribution in [1.29, 1.82) is 0 Å². The van der Waals surface area contributed by atoms with Gasteiger partial charge in [-0.1, -0.05) is 0 Å². The highest BCUT2D eigenvalue weighted by Crippen LogP contribution is 2.34. The van der Waals surface area contributed by atoms with E-state index in [1.165, 1.54) is 12.1 Å². The van der Waals surface area contributed by atoms with Gasteiger partial charge in [0.2, 0.25) is 0 Å². The van der Waals surface area contributed by atoms with Crippen LogP contribution in [0, 0.1) is 0 Å². The van der Waals surface area contributed by atoms with Crippen molar-refractivity contribution in [3.63, 3.8) is 0 Å². The van der Waals surface area contributed by atoms with Gasteiger partial charge in [0.05, 0.1) is 8.95 Å². The Morgan fingerprint density at radius 3 is 1.46 bits per heavy atom. The van der Waals surface area contributed by atoms with Gasteiger partial charge in [-0.25, -0.2) is 0 Å². The van der Waals surface area contributed by atoms with Crippen molar-refractivity contribution in [2.75, 3.05) is 14.2 Å². The van der Waals surface area contributed by atoms with Gasteiger partial charge in [0, 0.05) is 14.2 Å². The first-order valence-corrected chi connectivity index (χ1v) is 4.88. The van der Waals surface area contributed by atoms with E-state index in [0.717, 1.165) is 0 Å². The highest BCUT2D eigenvalue weighted by atomic mass is 79.9. The van der Waals surface area contributed by atoms with Crippen molar-refractivity contribution in [2.24, 2.45) is 0 Å². The van der Waals surface area contributed by atoms with Crippen LogP contribution in [0.25, 0.3) is 0 Å². The van der Waals surface area contributed by atoms with Crippen LogP contribution in [-0.2, 0) is 4.74 Å². The summed E-state index contributed by atoms with van der Waals surface area (Å²) in [4.78, 5) is 0. The topological polar surface area (TPSA) is 49.7 Å². The summed E-state index contributed by atoms with van der Waals surface area (Å²) < 4.78 is 5.21. The second-order valence-corrected chi connectivity index (χ2v) is 3.87. The Labute approximate surface area is 93.6 Å². The predicted octanol–water partition coefficient (Wildman–Crippen LogP) is 2.89. The standard InChI is InChI=1S/C6H4Br2O2.C2H6O/c7-3-1-5(9)4(8)2-6(3)10;1-3-2/h1-2,9-10H;1-2H3. The zero-order valence-electron chi connectivity index (χ0n) is 7.21. The van der Waals surface area contributed by atoms with Gasteiger partial charge in [-0.05, 0) is 44.0 Å². The first-order valence-electron chi connectivity index (χ1n) is 3.30. The monoisotopic (exact) mass is 312 g/mol. The van der Waals surface area contributed by atoms with Crippen molar-refractivity contribution in [3.05, 3.63) is 21.1 Å². The molecular weight excluding hydrogens is 304 g/mol. The largest absolute Gasteiger partial charge is 0.507 e. The van der Waals surface area contributed by atoms with Crippen molar-refractivity contribution >= 4 is 31.9 Å². The van der Waals surface area contributed by atoms with E-state index in [-0.39, 0.29) is 11.5 Å². The quantitative estimate of drug-likeness (QED) is 0.724. The van der Waals surface area contributed by atoms with Gasteiger partial charge in [0.15, 0.2) is 0 Å². The number of phenolic OH excluding ortho intramolecular Hbond substituents is 2. The maximum atomic E-state index is 9.04. The van der Waals surface area contributed by atoms with Gasteiger partial charge in [-0.15, -0.1) is 0 Å². The highest BCUT2D eigenvalue weighted by molar-refractivity contribution is 9.11. The van der Waals surface area contributed by atoms with Crippen molar-refractivity contribution in [1.82, 2.24) is 0 Å². The Morgan fingerprint density at radius 1 is 1.00 bits per heavy atom. The molecule has 1 aromatic carbocycles.